The summed E-state index contributed by atoms with van der Waals surface area (Å²) in [5, 5.41) is 22.0. The number of nitrogens with zero attached hydrogens (tertiary/aromatic N) is 2. The van der Waals surface area contributed by atoms with Crippen LogP contribution in [0.3, 0.4) is 0 Å². The maximum atomic E-state index is 11.2. The zero-order valence-electron chi connectivity index (χ0n) is 16.1. The summed E-state index contributed by atoms with van der Waals surface area (Å²) in [6, 6.07) is 5.29. The van der Waals surface area contributed by atoms with Gasteiger partial charge in [-0.3, -0.25) is 0 Å². The van der Waals surface area contributed by atoms with Crippen molar-refractivity contribution in [3.05, 3.63) is 29.3 Å². The minimum absolute atomic E-state index is 0.190. The fourth-order valence-corrected chi connectivity index (χ4v) is 3.75. The van der Waals surface area contributed by atoms with Crippen molar-refractivity contribution in [3.8, 4) is 0 Å². The normalized spacial score (nSPS) is 19.0. The molecule has 2 heterocycles. The molecule has 0 amide bonds. The van der Waals surface area contributed by atoms with Crippen molar-refractivity contribution in [2.75, 3.05) is 50.7 Å². The van der Waals surface area contributed by atoms with Crippen molar-refractivity contribution in [2.45, 2.75) is 33.3 Å². The molecule has 2 aliphatic rings. The van der Waals surface area contributed by atoms with Crippen LogP contribution in [0.2, 0.25) is 0 Å². The molecule has 0 spiro atoms. The minimum atomic E-state index is -0.986. The van der Waals surface area contributed by atoms with Crippen LogP contribution in [0.4, 0.5) is 5.69 Å². The van der Waals surface area contributed by atoms with Crippen LogP contribution < -0.4 is 10.2 Å². The SMILES string of the molecule is CC.O=C(O)c1ccc(N2CCC(CN3CCNCC3)CC2)cc1CO. The van der Waals surface area contributed by atoms with E-state index in [0.29, 0.717) is 5.56 Å². The van der Waals surface area contributed by atoms with E-state index in [1.807, 2.05) is 26.0 Å². The maximum Gasteiger partial charge on any atom is 0.336 e. The summed E-state index contributed by atoms with van der Waals surface area (Å²) >= 11 is 0. The molecule has 2 saturated heterocycles. The number of aliphatic hydroxyl groups is 1. The zero-order valence-corrected chi connectivity index (χ0v) is 16.1. The first kappa shape index (κ1) is 20.7. The van der Waals surface area contributed by atoms with Gasteiger partial charge in [0, 0.05) is 51.5 Å². The van der Waals surface area contributed by atoms with Gasteiger partial charge in [-0.25, -0.2) is 4.79 Å². The second-order valence-electron chi connectivity index (χ2n) is 6.79. The molecule has 0 radical (unpaired) electrons. The molecular weight excluding hydrogens is 330 g/mol. The predicted octanol–water partition coefficient (Wildman–Crippen LogP) is 2.02. The predicted molar refractivity (Wildman–Crippen MR) is 105 cm³/mol. The van der Waals surface area contributed by atoms with Crippen LogP contribution in [-0.2, 0) is 6.61 Å². The highest BCUT2D eigenvalue weighted by Crippen LogP contribution is 2.26. The number of carboxylic acids is 1. The fourth-order valence-electron chi connectivity index (χ4n) is 3.75. The number of benzene rings is 1. The largest absolute Gasteiger partial charge is 0.478 e. The molecule has 2 aliphatic heterocycles. The zero-order chi connectivity index (χ0) is 18.9. The summed E-state index contributed by atoms with van der Waals surface area (Å²) in [5.41, 5.74) is 1.70. The van der Waals surface area contributed by atoms with Crippen LogP contribution in [0.5, 0.6) is 0 Å². The van der Waals surface area contributed by atoms with Gasteiger partial charge >= 0.3 is 5.97 Å². The molecule has 0 aliphatic carbocycles. The lowest BCUT2D eigenvalue weighted by atomic mass is 9.95. The summed E-state index contributed by atoms with van der Waals surface area (Å²) in [6.07, 6.45) is 2.33. The lowest BCUT2D eigenvalue weighted by Gasteiger charge is -2.37. The number of piperidine rings is 1. The van der Waals surface area contributed by atoms with E-state index in [-0.39, 0.29) is 12.2 Å². The van der Waals surface area contributed by atoms with E-state index in [0.717, 1.165) is 50.9 Å². The Bertz CT molecular complexity index is 565. The van der Waals surface area contributed by atoms with E-state index >= 15 is 0 Å². The Labute approximate surface area is 156 Å². The number of carbonyl (C=O) groups is 1. The standard InChI is InChI=1S/C18H27N3O3.C2H6/c22-13-15-11-16(1-2-17(15)18(23)24)21-7-3-14(4-8-21)12-20-9-5-19-6-10-20;1-2/h1-2,11,14,19,22H,3-10,12-13H2,(H,23,24);1-2H3. The van der Waals surface area contributed by atoms with Gasteiger partial charge in [0.2, 0.25) is 0 Å². The Morgan fingerprint density at radius 2 is 1.81 bits per heavy atom. The molecule has 6 heteroatoms. The summed E-state index contributed by atoms with van der Waals surface area (Å²) < 4.78 is 0. The van der Waals surface area contributed by atoms with E-state index in [1.165, 1.54) is 19.4 Å². The molecule has 2 fully saturated rings. The van der Waals surface area contributed by atoms with Crippen LogP contribution in [-0.4, -0.2) is 66.9 Å². The van der Waals surface area contributed by atoms with Gasteiger partial charge in [0.15, 0.2) is 0 Å². The molecule has 0 atom stereocenters. The molecule has 3 N–H and O–H groups in total. The van der Waals surface area contributed by atoms with Gasteiger partial charge < -0.3 is 25.3 Å². The number of aromatic carboxylic acids is 1. The number of aliphatic hydroxyl groups excluding tert-OH is 1. The van der Waals surface area contributed by atoms with E-state index in [4.69, 9.17) is 5.11 Å². The summed E-state index contributed by atoms with van der Waals surface area (Å²) in [6.45, 7) is 11.4. The van der Waals surface area contributed by atoms with Crippen LogP contribution in [0.1, 0.15) is 42.6 Å². The summed E-state index contributed by atoms with van der Waals surface area (Å²) in [5.74, 6) is -0.240. The van der Waals surface area contributed by atoms with Gasteiger partial charge in [-0.1, -0.05) is 13.8 Å². The second-order valence-corrected chi connectivity index (χ2v) is 6.79. The number of hydrogen-bond donors (Lipinski definition) is 3. The average molecular weight is 364 g/mol. The van der Waals surface area contributed by atoms with E-state index in [2.05, 4.69) is 15.1 Å². The smallest absolute Gasteiger partial charge is 0.336 e. The van der Waals surface area contributed by atoms with Gasteiger partial charge in [-0.2, -0.15) is 0 Å². The van der Waals surface area contributed by atoms with Crippen LogP contribution in [0.15, 0.2) is 18.2 Å². The monoisotopic (exact) mass is 363 g/mol. The number of hydrogen-bond acceptors (Lipinski definition) is 5. The molecule has 26 heavy (non-hydrogen) atoms. The fraction of sp³-hybridized carbons (Fsp3) is 0.650. The lowest BCUT2D eigenvalue weighted by molar-refractivity contribution is 0.0693. The van der Waals surface area contributed by atoms with Crippen LogP contribution in [0.25, 0.3) is 0 Å². The first-order valence-electron chi connectivity index (χ1n) is 9.82. The Balaban J connectivity index is 0.00000117. The maximum absolute atomic E-state index is 11.2. The topological polar surface area (TPSA) is 76.0 Å². The van der Waals surface area contributed by atoms with Crippen LogP contribution >= 0.6 is 0 Å². The highest BCUT2D eigenvalue weighted by atomic mass is 16.4. The summed E-state index contributed by atoms with van der Waals surface area (Å²) in [4.78, 5) is 16.0. The minimum Gasteiger partial charge on any atom is -0.478 e. The molecule has 146 valence electrons. The highest BCUT2D eigenvalue weighted by molar-refractivity contribution is 5.90. The van der Waals surface area contributed by atoms with E-state index in [9.17, 15) is 9.90 Å². The molecule has 3 rings (SSSR count). The Hall–Kier alpha value is -1.63. The molecule has 0 saturated carbocycles. The number of anilines is 1. The van der Waals surface area contributed by atoms with Gasteiger partial charge in [0.05, 0.1) is 12.2 Å². The van der Waals surface area contributed by atoms with Crippen molar-refractivity contribution in [1.82, 2.24) is 10.2 Å². The molecule has 0 bridgehead atoms. The van der Waals surface area contributed by atoms with E-state index < -0.39 is 5.97 Å². The molecule has 0 aromatic heterocycles. The van der Waals surface area contributed by atoms with Gasteiger partial charge in [-0.05, 0) is 42.5 Å². The molecule has 1 aromatic rings. The van der Waals surface area contributed by atoms with E-state index in [1.54, 1.807) is 6.07 Å². The first-order valence-corrected chi connectivity index (χ1v) is 9.82. The Morgan fingerprint density at radius 3 is 2.38 bits per heavy atom. The van der Waals surface area contributed by atoms with Crippen molar-refractivity contribution >= 4 is 11.7 Å². The van der Waals surface area contributed by atoms with Gasteiger partial charge in [-0.15, -0.1) is 0 Å². The van der Waals surface area contributed by atoms with Gasteiger partial charge in [0.1, 0.15) is 0 Å². The third kappa shape index (κ3) is 5.43. The van der Waals surface area contributed by atoms with Crippen molar-refractivity contribution in [3.63, 3.8) is 0 Å². The van der Waals surface area contributed by atoms with Crippen LogP contribution in [0, 0.1) is 5.92 Å². The summed E-state index contributed by atoms with van der Waals surface area (Å²) in [7, 11) is 0. The number of piperazine rings is 1. The highest BCUT2D eigenvalue weighted by Gasteiger charge is 2.23. The second kappa shape index (κ2) is 10.5. The number of nitrogens with one attached hydrogen (secondary N) is 1. The molecule has 6 nitrogen and oxygen atoms in total. The Kier molecular flexibility index (Phi) is 8.35. The number of carboxylic acid groups (broad SMARTS) is 1. The van der Waals surface area contributed by atoms with Crippen molar-refractivity contribution in [2.24, 2.45) is 5.92 Å². The van der Waals surface area contributed by atoms with Crippen molar-refractivity contribution < 1.29 is 15.0 Å². The third-order valence-electron chi connectivity index (χ3n) is 5.20. The lowest BCUT2D eigenvalue weighted by Crippen LogP contribution is -2.46. The average Bonchev–Trinajstić information content (AvgIpc) is 2.70. The number of rotatable bonds is 5. The first-order chi connectivity index (χ1) is 12.7. The quantitative estimate of drug-likeness (QED) is 0.743. The molecular formula is C20H33N3O3. The third-order valence-corrected chi connectivity index (χ3v) is 5.20. The molecule has 0 unspecified atom stereocenters. The van der Waals surface area contributed by atoms with Gasteiger partial charge in [0.25, 0.3) is 0 Å². The van der Waals surface area contributed by atoms with Crippen molar-refractivity contribution in [1.29, 1.82) is 0 Å². The molecule has 1 aromatic carbocycles. The Morgan fingerprint density at radius 1 is 1.15 bits per heavy atom.